The van der Waals surface area contributed by atoms with Crippen molar-refractivity contribution in [3.05, 3.63) is 42.7 Å². The first-order valence-electron chi connectivity index (χ1n) is 7.15. The van der Waals surface area contributed by atoms with Gasteiger partial charge in [0.05, 0.1) is 12.3 Å². The summed E-state index contributed by atoms with van der Waals surface area (Å²) in [6.45, 7) is 0.666. The van der Waals surface area contributed by atoms with Crippen LogP contribution < -0.4 is 10.2 Å². The van der Waals surface area contributed by atoms with E-state index in [2.05, 4.69) is 15.3 Å². The second-order valence-corrected chi connectivity index (χ2v) is 5.24. The minimum absolute atomic E-state index is 0.119. The summed E-state index contributed by atoms with van der Waals surface area (Å²) in [7, 11) is 3.92. The van der Waals surface area contributed by atoms with E-state index in [1.165, 1.54) is 0 Å². The molecule has 0 atom stereocenters. The second kappa shape index (κ2) is 6.03. The van der Waals surface area contributed by atoms with E-state index in [9.17, 15) is 0 Å². The maximum absolute atomic E-state index is 8.82. The molecular formula is C16H19N5O. The predicted molar refractivity (Wildman–Crippen MR) is 88.3 cm³/mol. The van der Waals surface area contributed by atoms with Gasteiger partial charge in [-0.25, -0.2) is 4.98 Å². The van der Waals surface area contributed by atoms with Crippen LogP contribution in [0.25, 0.3) is 17.0 Å². The summed E-state index contributed by atoms with van der Waals surface area (Å²) in [6, 6.07) is 9.93. The van der Waals surface area contributed by atoms with Gasteiger partial charge in [-0.15, -0.1) is 0 Å². The molecule has 1 aromatic carbocycles. The van der Waals surface area contributed by atoms with E-state index in [0.29, 0.717) is 12.3 Å². The largest absolute Gasteiger partial charge is 0.395 e. The third kappa shape index (κ3) is 2.87. The van der Waals surface area contributed by atoms with Crippen molar-refractivity contribution in [1.29, 1.82) is 0 Å². The number of rotatable bonds is 5. The molecule has 2 N–H and O–H groups in total. The molecule has 2 aromatic heterocycles. The van der Waals surface area contributed by atoms with Crippen molar-refractivity contribution in [2.24, 2.45) is 0 Å². The van der Waals surface area contributed by atoms with Crippen LogP contribution in [0.15, 0.2) is 42.7 Å². The van der Waals surface area contributed by atoms with Gasteiger partial charge in [-0.3, -0.25) is 4.40 Å². The van der Waals surface area contributed by atoms with E-state index >= 15 is 0 Å². The molecule has 2 heterocycles. The highest BCUT2D eigenvalue weighted by molar-refractivity contribution is 5.64. The molecule has 0 unspecified atom stereocenters. The standard InChI is InChI=1S/C16H19N5O/c1-20(2)15-7-9-21-11-14(18-16(21)19-15)12-3-5-13(6-4-12)17-8-10-22/h3-7,9,11,17,22H,8,10H2,1-2H3. The van der Waals surface area contributed by atoms with E-state index in [1.54, 1.807) is 0 Å². The predicted octanol–water partition coefficient (Wildman–Crippen LogP) is 1.87. The first-order chi connectivity index (χ1) is 10.7. The molecule has 6 heteroatoms. The van der Waals surface area contributed by atoms with Crippen LogP contribution in [0.3, 0.4) is 0 Å². The van der Waals surface area contributed by atoms with Crippen molar-refractivity contribution >= 4 is 17.3 Å². The normalized spacial score (nSPS) is 10.9. The van der Waals surface area contributed by atoms with Crippen molar-refractivity contribution in [2.75, 3.05) is 37.5 Å². The summed E-state index contributed by atoms with van der Waals surface area (Å²) < 4.78 is 1.92. The second-order valence-electron chi connectivity index (χ2n) is 5.24. The zero-order chi connectivity index (χ0) is 15.5. The molecule has 6 nitrogen and oxygen atoms in total. The Morgan fingerprint density at radius 2 is 1.91 bits per heavy atom. The van der Waals surface area contributed by atoms with Gasteiger partial charge < -0.3 is 15.3 Å². The zero-order valence-corrected chi connectivity index (χ0v) is 12.7. The molecule has 114 valence electrons. The van der Waals surface area contributed by atoms with Gasteiger partial charge in [-0.1, -0.05) is 12.1 Å². The van der Waals surface area contributed by atoms with E-state index in [-0.39, 0.29) is 6.61 Å². The number of imidazole rings is 1. The van der Waals surface area contributed by atoms with Crippen molar-refractivity contribution in [1.82, 2.24) is 14.4 Å². The lowest BCUT2D eigenvalue weighted by Gasteiger charge is -2.09. The number of nitrogens with one attached hydrogen (secondary N) is 1. The SMILES string of the molecule is CN(C)c1ccn2cc(-c3ccc(NCCO)cc3)nc2n1. The number of benzene rings is 1. The molecular weight excluding hydrogens is 278 g/mol. The topological polar surface area (TPSA) is 65.7 Å². The number of hydrogen-bond acceptors (Lipinski definition) is 5. The average Bonchev–Trinajstić information content (AvgIpc) is 2.96. The molecule has 0 saturated heterocycles. The fourth-order valence-corrected chi connectivity index (χ4v) is 2.21. The van der Waals surface area contributed by atoms with Crippen LogP contribution in [0, 0.1) is 0 Å². The smallest absolute Gasteiger partial charge is 0.236 e. The van der Waals surface area contributed by atoms with Crippen molar-refractivity contribution in [3.8, 4) is 11.3 Å². The Kier molecular flexibility index (Phi) is 3.93. The van der Waals surface area contributed by atoms with Crippen molar-refractivity contribution in [3.63, 3.8) is 0 Å². The fourth-order valence-electron chi connectivity index (χ4n) is 2.21. The average molecular weight is 297 g/mol. The summed E-state index contributed by atoms with van der Waals surface area (Å²) in [5.74, 6) is 1.57. The first kappa shape index (κ1) is 14.3. The molecule has 0 bridgehead atoms. The van der Waals surface area contributed by atoms with Crippen molar-refractivity contribution < 1.29 is 5.11 Å². The van der Waals surface area contributed by atoms with E-state index < -0.39 is 0 Å². The minimum atomic E-state index is 0.119. The van der Waals surface area contributed by atoms with Crippen LogP contribution >= 0.6 is 0 Å². The summed E-state index contributed by atoms with van der Waals surface area (Å²) in [6.07, 6.45) is 3.93. The van der Waals surface area contributed by atoms with E-state index in [0.717, 1.165) is 22.8 Å². The maximum atomic E-state index is 8.82. The summed E-state index contributed by atoms with van der Waals surface area (Å²) >= 11 is 0. The van der Waals surface area contributed by atoms with Gasteiger partial charge in [0.2, 0.25) is 5.78 Å². The maximum Gasteiger partial charge on any atom is 0.236 e. The first-order valence-corrected chi connectivity index (χ1v) is 7.15. The number of fused-ring (bicyclic) bond motifs is 1. The highest BCUT2D eigenvalue weighted by Gasteiger charge is 2.07. The van der Waals surface area contributed by atoms with Gasteiger partial charge in [-0.05, 0) is 18.2 Å². The van der Waals surface area contributed by atoms with Gasteiger partial charge >= 0.3 is 0 Å². The van der Waals surface area contributed by atoms with Crippen LogP contribution in [0.1, 0.15) is 0 Å². The molecule has 0 amide bonds. The third-order valence-electron chi connectivity index (χ3n) is 3.39. The van der Waals surface area contributed by atoms with Gasteiger partial charge in [0, 0.05) is 44.3 Å². The van der Waals surface area contributed by atoms with E-state index in [1.807, 2.05) is 66.1 Å². The lowest BCUT2D eigenvalue weighted by Crippen LogP contribution is -2.10. The molecule has 0 aliphatic heterocycles. The molecule has 0 aliphatic carbocycles. The highest BCUT2D eigenvalue weighted by Crippen LogP contribution is 2.21. The summed E-state index contributed by atoms with van der Waals surface area (Å²) in [5.41, 5.74) is 2.90. The molecule has 22 heavy (non-hydrogen) atoms. The quantitative estimate of drug-likeness (QED) is 0.752. The van der Waals surface area contributed by atoms with Gasteiger partial charge in [0.15, 0.2) is 0 Å². The fraction of sp³-hybridized carbons (Fsp3) is 0.250. The van der Waals surface area contributed by atoms with Crippen LogP contribution in [0.2, 0.25) is 0 Å². The van der Waals surface area contributed by atoms with Crippen LogP contribution in [0.4, 0.5) is 11.5 Å². The molecule has 0 saturated carbocycles. The van der Waals surface area contributed by atoms with Crippen molar-refractivity contribution in [2.45, 2.75) is 0 Å². The highest BCUT2D eigenvalue weighted by atomic mass is 16.3. The minimum Gasteiger partial charge on any atom is -0.395 e. The van der Waals surface area contributed by atoms with E-state index in [4.69, 9.17) is 5.11 Å². The lowest BCUT2D eigenvalue weighted by molar-refractivity contribution is 0.311. The van der Waals surface area contributed by atoms with Gasteiger partial charge in [0.1, 0.15) is 5.82 Å². The third-order valence-corrected chi connectivity index (χ3v) is 3.39. The van der Waals surface area contributed by atoms with Gasteiger partial charge in [-0.2, -0.15) is 4.98 Å². The Bertz CT molecular complexity index is 764. The summed E-state index contributed by atoms with van der Waals surface area (Å²) in [4.78, 5) is 11.1. The molecule has 0 radical (unpaired) electrons. The number of hydrogen-bond donors (Lipinski definition) is 2. The Morgan fingerprint density at radius 1 is 1.14 bits per heavy atom. The van der Waals surface area contributed by atoms with Crippen LogP contribution in [-0.4, -0.2) is 46.7 Å². The Hall–Kier alpha value is -2.60. The Morgan fingerprint density at radius 3 is 2.59 bits per heavy atom. The van der Waals surface area contributed by atoms with Gasteiger partial charge in [0.25, 0.3) is 0 Å². The molecule has 0 aliphatic rings. The number of nitrogens with zero attached hydrogens (tertiary/aromatic N) is 4. The molecule has 3 rings (SSSR count). The van der Waals surface area contributed by atoms with Crippen LogP contribution in [-0.2, 0) is 0 Å². The molecule has 0 fully saturated rings. The lowest BCUT2D eigenvalue weighted by atomic mass is 10.1. The number of aliphatic hydroxyl groups is 1. The Balaban J connectivity index is 1.89. The number of aliphatic hydroxyl groups excluding tert-OH is 1. The Labute approximate surface area is 129 Å². The molecule has 0 spiro atoms. The summed E-state index contributed by atoms with van der Waals surface area (Å²) in [5, 5.41) is 11.9. The molecule has 3 aromatic rings. The monoisotopic (exact) mass is 297 g/mol. The number of aromatic nitrogens is 3. The van der Waals surface area contributed by atoms with Crippen LogP contribution in [0.5, 0.6) is 0 Å². The number of anilines is 2. The zero-order valence-electron chi connectivity index (χ0n) is 12.7.